The topological polar surface area (TPSA) is 41.1 Å². The zero-order chi connectivity index (χ0) is 15.1. The van der Waals surface area contributed by atoms with Gasteiger partial charge in [-0.15, -0.1) is 0 Å². The van der Waals surface area contributed by atoms with Gasteiger partial charge in [0, 0.05) is 12.2 Å². The molecule has 2 aromatic carbocycles. The van der Waals surface area contributed by atoms with E-state index in [4.69, 9.17) is 0 Å². The second-order valence-electron chi connectivity index (χ2n) is 4.81. The minimum atomic E-state index is -0.518. The number of hydrogen-bond donors (Lipinski definition) is 2. The molecule has 21 heavy (non-hydrogen) atoms. The molecule has 1 amide bonds. The molecular weight excluding hydrogens is 267 g/mol. The van der Waals surface area contributed by atoms with Gasteiger partial charge < -0.3 is 10.6 Å². The summed E-state index contributed by atoms with van der Waals surface area (Å²) < 4.78 is 13.6. The van der Waals surface area contributed by atoms with E-state index in [0.29, 0.717) is 5.69 Å². The Labute approximate surface area is 124 Å². The van der Waals surface area contributed by atoms with Crippen molar-refractivity contribution in [2.75, 3.05) is 11.9 Å². The highest BCUT2D eigenvalue weighted by Crippen LogP contribution is 2.14. The molecule has 0 fully saturated rings. The minimum absolute atomic E-state index is 0.0482. The van der Waals surface area contributed by atoms with Crippen LogP contribution in [0.3, 0.4) is 0 Å². The molecule has 2 rings (SSSR count). The first-order valence-corrected chi connectivity index (χ1v) is 7.06. The van der Waals surface area contributed by atoms with Crippen molar-refractivity contribution >= 4 is 11.6 Å². The van der Waals surface area contributed by atoms with E-state index < -0.39 is 11.7 Å². The van der Waals surface area contributed by atoms with E-state index in [1.165, 1.54) is 12.1 Å². The molecule has 0 bridgehead atoms. The van der Waals surface area contributed by atoms with E-state index in [-0.39, 0.29) is 5.56 Å². The van der Waals surface area contributed by atoms with Gasteiger partial charge in [0.2, 0.25) is 0 Å². The van der Waals surface area contributed by atoms with Crippen LogP contribution in [-0.2, 0) is 6.54 Å². The van der Waals surface area contributed by atoms with Crippen molar-refractivity contribution in [3.8, 4) is 0 Å². The summed E-state index contributed by atoms with van der Waals surface area (Å²) in [5, 5.41) is 6.02. The number of benzene rings is 2. The number of carbonyl (C=O) groups is 1. The normalized spacial score (nSPS) is 10.4. The van der Waals surface area contributed by atoms with Gasteiger partial charge >= 0.3 is 0 Å². The Hall–Kier alpha value is -2.20. The summed E-state index contributed by atoms with van der Waals surface area (Å²) >= 11 is 0. The molecule has 0 aliphatic rings. The number of nitrogens with one attached hydrogen (secondary N) is 2. The maximum Gasteiger partial charge on any atom is 0.258 e. The Kier molecular flexibility index (Phi) is 5.46. The molecule has 0 aliphatic carbocycles. The van der Waals surface area contributed by atoms with Gasteiger partial charge in [-0.3, -0.25) is 4.79 Å². The van der Waals surface area contributed by atoms with Gasteiger partial charge in [-0.25, -0.2) is 4.39 Å². The first kappa shape index (κ1) is 15.2. The van der Waals surface area contributed by atoms with Crippen LogP contribution in [0.1, 0.15) is 29.3 Å². The zero-order valence-electron chi connectivity index (χ0n) is 12.0. The Bertz CT molecular complexity index is 613. The van der Waals surface area contributed by atoms with E-state index in [9.17, 15) is 9.18 Å². The molecule has 2 aromatic rings. The largest absolute Gasteiger partial charge is 0.322 e. The average Bonchev–Trinajstić information content (AvgIpc) is 2.48. The van der Waals surface area contributed by atoms with Gasteiger partial charge in [0.1, 0.15) is 5.82 Å². The fourth-order valence-electron chi connectivity index (χ4n) is 2.01. The van der Waals surface area contributed by atoms with Crippen molar-refractivity contribution in [1.82, 2.24) is 5.32 Å². The van der Waals surface area contributed by atoms with Crippen molar-refractivity contribution in [2.24, 2.45) is 0 Å². The van der Waals surface area contributed by atoms with Gasteiger partial charge in [-0.2, -0.15) is 0 Å². The molecule has 0 radical (unpaired) electrons. The monoisotopic (exact) mass is 286 g/mol. The molecule has 0 heterocycles. The maximum absolute atomic E-state index is 13.6. The van der Waals surface area contributed by atoms with Crippen LogP contribution in [0.25, 0.3) is 0 Å². The molecule has 4 heteroatoms. The second kappa shape index (κ2) is 7.55. The van der Waals surface area contributed by atoms with Crippen LogP contribution < -0.4 is 10.6 Å². The highest BCUT2D eigenvalue weighted by atomic mass is 19.1. The van der Waals surface area contributed by atoms with Crippen LogP contribution in [0.5, 0.6) is 0 Å². The Morgan fingerprint density at radius 3 is 2.71 bits per heavy atom. The van der Waals surface area contributed by atoms with Crippen molar-refractivity contribution in [3.63, 3.8) is 0 Å². The third-order valence-electron chi connectivity index (χ3n) is 3.06. The lowest BCUT2D eigenvalue weighted by Gasteiger charge is -2.08. The maximum atomic E-state index is 13.6. The van der Waals surface area contributed by atoms with Crippen LogP contribution in [0.15, 0.2) is 48.5 Å². The molecule has 2 N–H and O–H groups in total. The fourth-order valence-corrected chi connectivity index (χ4v) is 2.01. The molecule has 3 nitrogen and oxygen atoms in total. The highest BCUT2D eigenvalue weighted by molar-refractivity contribution is 6.04. The Balaban J connectivity index is 2.04. The second-order valence-corrected chi connectivity index (χ2v) is 4.81. The molecule has 0 atom stereocenters. The van der Waals surface area contributed by atoms with E-state index >= 15 is 0 Å². The summed E-state index contributed by atoms with van der Waals surface area (Å²) in [5.41, 5.74) is 1.79. The van der Waals surface area contributed by atoms with Crippen molar-refractivity contribution in [3.05, 3.63) is 65.5 Å². The first-order valence-electron chi connectivity index (χ1n) is 7.06. The predicted octanol–water partition coefficient (Wildman–Crippen LogP) is 3.58. The standard InChI is InChI=1S/C17H19FN2O/c1-2-10-19-12-13-6-5-7-14(11-13)20-17(21)15-8-3-4-9-16(15)18/h3-9,11,19H,2,10,12H2,1H3,(H,20,21). The minimum Gasteiger partial charge on any atom is -0.322 e. The van der Waals surface area contributed by atoms with Gasteiger partial charge in [0.05, 0.1) is 5.56 Å². The summed E-state index contributed by atoms with van der Waals surface area (Å²) in [6, 6.07) is 13.5. The fraction of sp³-hybridized carbons (Fsp3) is 0.235. The third-order valence-corrected chi connectivity index (χ3v) is 3.06. The van der Waals surface area contributed by atoms with E-state index in [0.717, 1.165) is 25.1 Å². The van der Waals surface area contributed by atoms with Gasteiger partial charge in [0.15, 0.2) is 0 Å². The van der Waals surface area contributed by atoms with Gasteiger partial charge in [-0.05, 0) is 42.8 Å². The zero-order valence-corrected chi connectivity index (χ0v) is 12.0. The number of anilines is 1. The van der Waals surface area contributed by atoms with Crippen LogP contribution >= 0.6 is 0 Å². The molecule has 0 saturated carbocycles. The lowest BCUT2D eigenvalue weighted by molar-refractivity contribution is 0.102. The number of amides is 1. The molecule has 0 unspecified atom stereocenters. The van der Waals surface area contributed by atoms with Crippen molar-refractivity contribution < 1.29 is 9.18 Å². The summed E-state index contributed by atoms with van der Waals surface area (Å²) in [6.07, 6.45) is 1.07. The number of carbonyl (C=O) groups excluding carboxylic acids is 1. The van der Waals surface area contributed by atoms with Crippen LogP contribution in [0, 0.1) is 5.82 Å². The number of rotatable bonds is 6. The number of hydrogen-bond acceptors (Lipinski definition) is 2. The van der Waals surface area contributed by atoms with Crippen LogP contribution in [0.4, 0.5) is 10.1 Å². The van der Waals surface area contributed by atoms with Crippen LogP contribution in [-0.4, -0.2) is 12.5 Å². The summed E-state index contributed by atoms with van der Waals surface area (Å²) in [6.45, 7) is 3.81. The summed E-state index contributed by atoms with van der Waals surface area (Å²) in [4.78, 5) is 12.0. The third kappa shape index (κ3) is 4.39. The quantitative estimate of drug-likeness (QED) is 0.797. The molecule has 0 aromatic heterocycles. The predicted molar refractivity (Wildman–Crippen MR) is 82.8 cm³/mol. The summed E-state index contributed by atoms with van der Waals surface area (Å²) in [7, 11) is 0. The molecule has 0 aliphatic heterocycles. The molecule has 110 valence electrons. The first-order chi connectivity index (χ1) is 10.2. The lowest BCUT2D eigenvalue weighted by atomic mass is 10.1. The van der Waals surface area contributed by atoms with Crippen molar-refractivity contribution in [1.29, 1.82) is 0 Å². The lowest BCUT2D eigenvalue weighted by Crippen LogP contribution is -2.15. The molecular formula is C17H19FN2O. The Morgan fingerprint density at radius 1 is 1.14 bits per heavy atom. The number of halogens is 1. The van der Waals surface area contributed by atoms with E-state index in [1.54, 1.807) is 18.2 Å². The summed E-state index contributed by atoms with van der Waals surface area (Å²) in [5.74, 6) is -0.956. The smallest absolute Gasteiger partial charge is 0.258 e. The average molecular weight is 286 g/mol. The molecule has 0 saturated heterocycles. The van der Waals surface area contributed by atoms with Crippen molar-refractivity contribution in [2.45, 2.75) is 19.9 Å². The van der Waals surface area contributed by atoms with E-state index in [2.05, 4.69) is 17.6 Å². The van der Waals surface area contributed by atoms with Gasteiger partial charge in [-0.1, -0.05) is 31.2 Å². The Morgan fingerprint density at radius 2 is 1.95 bits per heavy atom. The SMILES string of the molecule is CCCNCc1cccc(NC(=O)c2ccccc2F)c1. The van der Waals surface area contributed by atoms with Gasteiger partial charge in [0.25, 0.3) is 5.91 Å². The molecule has 0 spiro atoms. The highest BCUT2D eigenvalue weighted by Gasteiger charge is 2.10. The van der Waals surface area contributed by atoms with E-state index in [1.807, 2.05) is 18.2 Å². The van der Waals surface area contributed by atoms with Crippen LogP contribution in [0.2, 0.25) is 0 Å².